The maximum atomic E-state index is 12.3. The van der Waals surface area contributed by atoms with Crippen LogP contribution in [0, 0.1) is 0 Å². The van der Waals surface area contributed by atoms with E-state index in [2.05, 4.69) is 16.4 Å². The highest BCUT2D eigenvalue weighted by Gasteiger charge is 2.16. The van der Waals surface area contributed by atoms with Crippen molar-refractivity contribution in [2.45, 2.75) is 9.79 Å². The van der Waals surface area contributed by atoms with Crippen LogP contribution >= 0.6 is 11.8 Å². The molecule has 0 radical (unpaired) electrons. The molecular formula is C19H14N2OS. The summed E-state index contributed by atoms with van der Waals surface area (Å²) in [6.45, 7) is 0. The summed E-state index contributed by atoms with van der Waals surface area (Å²) in [4.78, 5) is 17.7. The molecule has 3 aromatic rings. The first-order valence-corrected chi connectivity index (χ1v) is 8.15. The lowest BCUT2D eigenvalue weighted by Gasteiger charge is -2.20. The minimum atomic E-state index is -0.00643. The summed E-state index contributed by atoms with van der Waals surface area (Å²) in [6.07, 6.45) is 5.22. The Morgan fingerprint density at radius 1 is 0.957 bits per heavy atom. The van der Waals surface area contributed by atoms with Gasteiger partial charge in [-0.25, -0.2) is 0 Å². The van der Waals surface area contributed by atoms with E-state index in [9.17, 15) is 4.79 Å². The van der Waals surface area contributed by atoms with Gasteiger partial charge in [-0.1, -0.05) is 23.9 Å². The molecular weight excluding hydrogens is 304 g/mol. The smallest absolute Gasteiger partial charge is 0.185 e. The number of nitrogens with one attached hydrogen (secondary N) is 2. The van der Waals surface area contributed by atoms with E-state index < -0.39 is 0 Å². The van der Waals surface area contributed by atoms with Crippen LogP contribution in [-0.2, 0) is 0 Å². The van der Waals surface area contributed by atoms with Crippen molar-refractivity contribution in [3.8, 4) is 0 Å². The molecule has 3 nitrogen and oxygen atoms in total. The molecule has 0 fully saturated rings. The third-order valence-electron chi connectivity index (χ3n) is 3.68. The van der Waals surface area contributed by atoms with Gasteiger partial charge in [0.05, 0.1) is 11.4 Å². The van der Waals surface area contributed by atoms with Gasteiger partial charge < -0.3 is 10.3 Å². The predicted molar refractivity (Wildman–Crippen MR) is 94.4 cm³/mol. The van der Waals surface area contributed by atoms with E-state index in [4.69, 9.17) is 0 Å². The van der Waals surface area contributed by atoms with Gasteiger partial charge in [0.1, 0.15) is 0 Å². The fourth-order valence-corrected chi connectivity index (χ4v) is 3.47. The number of aromatic amines is 1. The lowest BCUT2D eigenvalue weighted by atomic mass is 10.1. The maximum Gasteiger partial charge on any atom is 0.185 e. The van der Waals surface area contributed by atoms with E-state index >= 15 is 0 Å². The highest BCUT2D eigenvalue weighted by molar-refractivity contribution is 7.99. The van der Waals surface area contributed by atoms with E-state index in [1.165, 1.54) is 4.90 Å². The molecule has 1 aromatic heterocycles. The van der Waals surface area contributed by atoms with E-state index in [0.29, 0.717) is 5.56 Å². The third-order valence-corrected chi connectivity index (χ3v) is 4.83. The van der Waals surface area contributed by atoms with Crippen LogP contribution in [0.3, 0.4) is 0 Å². The molecule has 0 atom stereocenters. The third kappa shape index (κ3) is 2.81. The Bertz CT molecular complexity index is 897. The van der Waals surface area contributed by atoms with Crippen molar-refractivity contribution in [3.63, 3.8) is 0 Å². The molecule has 0 saturated heterocycles. The van der Waals surface area contributed by atoms with Gasteiger partial charge in [-0.3, -0.25) is 4.79 Å². The Balaban J connectivity index is 1.60. The zero-order valence-corrected chi connectivity index (χ0v) is 13.1. The molecule has 4 heteroatoms. The first-order valence-electron chi connectivity index (χ1n) is 7.33. The van der Waals surface area contributed by atoms with E-state index in [1.54, 1.807) is 23.9 Å². The lowest BCUT2D eigenvalue weighted by molar-refractivity contribution is 0.104. The molecule has 1 aliphatic heterocycles. The van der Waals surface area contributed by atoms with Crippen molar-refractivity contribution in [1.82, 2.24) is 4.98 Å². The van der Waals surface area contributed by atoms with Gasteiger partial charge in [0.25, 0.3) is 0 Å². The second-order valence-corrected chi connectivity index (χ2v) is 6.34. The topological polar surface area (TPSA) is 44.9 Å². The van der Waals surface area contributed by atoms with Crippen LogP contribution in [0.15, 0.2) is 76.7 Å². The number of aromatic nitrogens is 1. The average molecular weight is 318 g/mol. The highest BCUT2D eigenvalue weighted by atomic mass is 32.2. The summed E-state index contributed by atoms with van der Waals surface area (Å²) in [5.74, 6) is -0.00643. The Kier molecular flexibility index (Phi) is 3.52. The molecule has 0 saturated carbocycles. The molecule has 0 bridgehead atoms. The van der Waals surface area contributed by atoms with Crippen LogP contribution < -0.4 is 5.32 Å². The van der Waals surface area contributed by atoms with Crippen molar-refractivity contribution in [3.05, 3.63) is 78.1 Å². The molecule has 2 heterocycles. The number of hydrogen-bond donors (Lipinski definition) is 2. The molecule has 2 N–H and O–H groups in total. The van der Waals surface area contributed by atoms with Crippen LogP contribution in [0.2, 0.25) is 0 Å². The Morgan fingerprint density at radius 3 is 2.70 bits per heavy atom. The van der Waals surface area contributed by atoms with Crippen LogP contribution in [0.4, 0.5) is 11.4 Å². The second kappa shape index (κ2) is 5.82. The van der Waals surface area contributed by atoms with Gasteiger partial charge in [0.2, 0.25) is 0 Å². The summed E-state index contributed by atoms with van der Waals surface area (Å²) in [6, 6.07) is 17.8. The van der Waals surface area contributed by atoms with E-state index in [0.717, 1.165) is 22.0 Å². The van der Waals surface area contributed by atoms with Crippen molar-refractivity contribution >= 4 is 35.0 Å². The Hall–Kier alpha value is -2.72. The Labute approximate surface area is 138 Å². The second-order valence-electron chi connectivity index (χ2n) is 5.26. The summed E-state index contributed by atoms with van der Waals surface area (Å²) in [5.41, 5.74) is 3.65. The zero-order valence-electron chi connectivity index (χ0n) is 12.2. The number of carbonyl (C=O) groups is 1. The van der Waals surface area contributed by atoms with Crippen molar-refractivity contribution in [2.75, 3.05) is 5.32 Å². The van der Waals surface area contributed by atoms with Crippen LogP contribution in [0.25, 0.3) is 6.08 Å². The van der Waals surface area contributed by atoms with Crippen LogP contribution in [-0.4, -0.2) is 10.8 Å². The van der Waals surface area contributed by atoms with Gasteiger partial charge in [-0.15, -0.1) is 0 Å². The molecule has 112 valence electrons. The number of fused-ring (bicyclic) bond motifs is 2. The largest absolute Gasteiger partial charge is 0.362 e. The number of hydrogen-bond acceptors (Lipinski definition) is 3. The monoisotopic (exact) mass is 318 g/mol. The first-order chi connectivity index (χ1) is 11.3. The normalized spacial score (nSPS) is 12.5. The molecule has 0 amide bonds. The minimum absolute atomic E-state index is 0.00643. The minimum Gasteiger partial charge on any atom is -0.362 e. The van der Waals surface area contributed by atoms with Crippen molar-refractivity contribution in [2.24, 2.45) is 0 Å². The van der Waals surface area contributed by atoms with Crippen LogP contribution in [0.1, 0.15) is 16.1 Å². The molecule has 0 spiro atoms. The molecule has 0 aliphatic carbocycles. The Morgan fingerprint density at radius 2 is 1.83 bits per heavy atom. The first kappa shape index (κ1) is 13.9. The van der Waals surface area contributed by atoms with Gasteiger partial charge in [-0.05, 0) is 54.6 Å². The van der Waals surface area contributed by atoms with Gasteiger partial charge >= 0.3 is 0 Å². The summed E-state index contributed by atoms with van der Waals surface area (Å²) in [5, 5.41) is 3.40. The number of anilines is 2. The number of allylic oxidation sites excluding steroid dienone is 1. The van der Waals surface area contributed by atoms with E-state index in [-0.39, 0.29) is 5.78 Å². The summed E-state index contributed by atoms with van der Waals surface area (Å²) < 4.78 is 0. The predicted octanol–water partition coefficient (Wildman–Crippen LogP) is 5.12. The fraction of sp³-hybridized carbons (Fsp3) is 0. The average Bonchev–Trinajstić information content (AvgIpc) is 3.11. The lowest BCUT2D eigenvalue weighted by Crippen LogP contribution is -2.02. The number of para-hydroxylation sites is 1. The molecule has 23 heavy (non-hydrogen) atoms. The fourth-order valence-electron chi connectivity index (χ4n) is 2.50. The molecule has 0 unspecified atom stereocenters. The molecule has 1 aliphatic rings. The van der Waals surface area contributed by atoms with Gasteiger partial charge in [0, 0.05) is 27.2 Å². The SMILES string of the molecule is O=C(/C=C/c1ccc[nH]1)c1ccc2c(c1)Nc1ccccc1S2. The number of benzene rings is 2. The number of rotatable bonds is 3. The van der Waals surface area contributed by atoms with Crippen molar-refractivity contribution < 1.29 is 4.79 Å². The maximum absolute atomic E-state index is 12.3. The summed E-state index contributed by atoms with van der Waals surface area (Å²) >= 11 is 1.72. The zero-order chi connectivity index (χ0) is 15.6. The standard InChI is InChI=1S/C19H14N2OS/c22-17(9-8-14-4-3-11-20-14)13-7-10-19-16(12-13)21-15-5-1-2-6-18(15)23-19/h1-12,20-21H/b9-8+. The summed E-state index contributed by atoms with van der Waals surface area (Å²) in [7, 11) is 0. The van der Waals surface area contributed by atoms with Crippen molar-refractivity contribution in [1.29, 1.82) is 0 Å². The van der Waals surface area contributed by atoms with Gasteiger partial charge in [-0.2, -0.15) is 0 Å². The van der Waals surface area contributed by atoms with Gasteiger partial charge in [0.15, 0.2) is 5.78 Å². The molecule has 4 rings (SSSR count). The highest BCUT2D eigenvalue weighted by Crippen LogP contribution is 2.44. The van der Waals surface area contributed by atoms with Crippen LogP contribution in [0.5, 0.6) is 0 Å². The quantitative estimate of drug-likeness (QED) is 0.407. The van der Waals surface area contributed by atoms with E-state index in [1.807, 2.05) is 54.7 Å². The number of ketones is 1. The number of carbonyl (C=O) groups excluding carboxylic acids is 1. The number of H-pyrrole nitrogens is 1. The molecule has 2 aromatic carbocycles.